The summed E-state index contributed by atoms with van der Waals surface area (Å²) in [4.78, 5) is 4.44. The molecule has 0 aromatic carbocycles. The van der Waals surface area contributed by atoms with E-state index >= 15 is 0 Å². The van der Waals surface area contributed by atoms with Gasteiger partial charge in [-0.3, -0.25) is 4.68 Å². The van der Waals surface area contributed by atoms with Crippen molar-refractivity contribution in [2.75, 3.05) is 13.1 Å². The lowest BCUT2D eigenvalue weighted by Crippen LogP contribution is -2.17. The van der Waals surface area contributed by atoms with Crippen molar-refractivity contribution in [3.63, 3.8) is 0 Å². The molecular weight excluding hydrogens is 214 g/mol. The van der Waals surface area contributed by atoms with Gasteiger partial charge in [0.15, 0.2) is 5.65 Å². The first-order valence-corrected chi connectivity index (χ1v) is 5.91. The number of aromatic nitrogens is 3. The Morgan fingerprint density at radius 2 is 2.29 bits per heavy atom. The molecule has 0 aliphatic heterocycles. The third-order valence-corrected chi connectivity index (χ3v) is 2.81. The minimum absolute atomic E-state index is 0.728. The second-order valence-electron chi connectivity index (χ2n) is 4.24. The smallest absolute Gasteiger partial charge is 0.157 e. The summed E-state index contributed by atoms with van der Waals surface area (Å²) in [5.41, 5.74) is 8.59. The highest BCUT2D eigenvalue weighted by molar-refractivity contribution is 5.78. The lowest BCUT2D eigenvalue weighted by molar-refractivity contribution is 0.654. The molecule has 0 aliphatic carbocycles. The molecule has 5 heteroatoms. The Hall–Kier alpha value is -1.46. The number of hydrogen-bond donors (Lipinski definition) is 2. The number of hydrogen-bond acceptors (Lipinski definition) is 4. The van der Waals surface area contributed by atoms with Gasteiger partial charge in [0.25, 0.3) is 0 Å². The molecule has 17 heavy (non-hydrogen) atoms. The molecule has 3 N–H and O–H groups in total. The van der Waals surface area contributed by atoms with Crippen molar-refractivity contribution in [2.24, 2.45) is 12.8 Å². The summed E-state index contributed by atoms with van der Waals surface area (Å²) in [5, 5.41) is 8.83. The number of fused-ring (bicyclic) bond motifs is 1. The van der Waals surface area contributed by atoms with Gasteiger partial charge in [-0.25, -0.2) is 4.98 Å². The first-order chi connectivity index (χ1) is 8.22. The molecule has 0 saturated carbocycles. The van der Waals surface area contributed by atoms with Gasteiger partial charge in [0.1, 0.15) is 0 Å². The van der Waals surface area contributed by atoms with Crippen LogP contribution in [0.3, 0.4) is 0 Å². The maximum atomic E-state index is 5.44. The second kappa shape index (κ2) is 5.25. The van der Waals surface area contributed by atoms with E-state index in [1.54, 1.807) is 0 Å². The SMILES string of the molecule is Cc1nn(C)c2ncc(CNCCCN)cc12. The monoisotopic (exact) mass is 233 g/mol. The van der Waals surface area contributed by atoms with Gasteiger partial charge in [0.2, 0.25) is 0 Å². The van der Waals surface area contributed by atoms with Crippen LogP contribution in [-0.2, 0) is 13.6 Å². The Morgan fingerprint density at radius 1 is 1.47 bits per heavy atom. The average molecular weight is 233 g/mol. The fraction of sp³-hybridized carbons (Fsp3) is 0.500. The molecule has 0 aliphatic rings. The molecule has 0 amide bonds. The summed E-state index contributed by atoms with van der Waals surface area (Å²) in [6.45, 7) is 4.51. The van der Waals surface area contributed by atoms with Crippen LogP contribution in [0.15, 0.2) is 12.3 Å². The van der Waals surface area contributed by atoms with Crippen molar-refractivity contribution < 1.29 is 0 Å². The summed E-state index contributed by atoms with van der Waals surface area (Å²) in [5.74, 6) is 0. The van der Waals surface area contributed by atoms with E-state index in [4.69, 9.17) is 5.73 Å². The third-order valence-electron chi connectivity index (χ3n) is 2.81. The van der Waals surface area contributed by atoms with Crippen molar-refractivity contribution in [2.45, 2.75) is 19.9 Å². The van der Waals surface area contributed by atoms with Crippen molar-refractivity contribution in [3.8, 4) is 0 Å². The Bertz CT molecular complexity index is 503. The fourth-order valence-corrected chi connectivity index (χ4v) is 1.91. The highest BCUT2D eigenvalue weighted by atomic mass is 15.3. The highest BCUT2D eigenvalue weighted by Gasteiger charge is 2.06. The highest BCUT2D eigenvalue weighted by Crippen LogP contribution is 2.16. The molecular formula is C12H19N5. The topological polar surface area (TPSA) is 68.8 Å². The number of aryl methyl sites for hydroxylation is 2. The number of nitrogens with zero attached hydrogens (tertiary/aromatic N) is 3. The van der Waals surface area contributed by atoms with Crippen LogP contribution in [0.5, 0.6) is 0 Å². The van der Waals surface area contributed by atoms with E-state index < -0.39 is 0 Å². The Labute approximate surface area is 101 Å². The molecule has 0 bridgehead atoms. The molecule has 0 saturated heterocycles. The molecule has 0 fully saturated rings. The Balaban J connectivity index is 2.11. The molecule has 2 aromatic rings. The molecule has 92 valence electrons. The lowest BCUT2D eigenvalue weighted by atomic mass is 10.2. The average Bonchev–Trinajstić information content (AvgIpc) is 2.61. The van der Waals surface area contributed by atoms with Crippen LogP contribution in [0, 0.1) is 6.92 Å². The minimum atomic E-state index is 0.728. The first-order valence-electron chi connectivity index (χ1n) is 5.91. The van der Waals surface area contributed by atoms with E-state index in [1.807, 2.05) is 24.9 Å². The van der Waals surface area contributed by atoms with Crippen LogP contribution >= 0.6 is 0 Å². The number of nitrogens with one attached hydrogen (secondary N) is 1. The number of nitrogens with two attached hydrogens (primary N) is 1. The van der Waals surface area contributed by atoms with Gasteiger partial charge in [0, 0.05) is 25.2 Å². The normalized spacial score (nSPS) is 11.2. The van der Waals surface area contributed by atoms with E-state index in [9.17, 15) is 0 Å². The van der Waals surface area contributed by atoms with E-state index in [0.717, 1.165) is 42.8 Å². The van der Waals surface area contributed by atoms with E-state index in [2.05, 4.69) is 21.5 Å². The van der Waals surface area contributed by atoms with E-state index in [1.165, 1.54) is 5.56 Å². The Kier molecular flexibility index (Phi) is 3.71. The largest absolute Gasteiger partial charge is 0.330 e. The summed E-state index contributed by atoms with van der Waals surface area (Å²) >= 11 is 0. The fourth-order valence-electron chi connectivity index (χ4n) is 1.91. The van der Waals surface area contributed by atoms with Gasteiger partial charge in [-0.15, -0.1) is 0 Å². The summed E-state index contributed by atoms with van der Waals surface area (Å²) in [7, 11) is 1.92. The maximum absolute atomic E-state index is 5.44. The summed E-state index contributed by atoms with van der Waals surface area (Å²) in [6.07, 6.45) is 2.90. The first kappa shape index (κ1) is 12.0. The van der Waals surface area contributed by atoms with Crippen molar-refractivity contribution in [1.82, 2.24) is 20.1 Å². The zero-order valence-corrected chi connectivity index (χ0v) is 10.4. The minimum Gasteiger partial charge on any atom is -0.330 e. The van der Waals surface area contributed by atoms with Gasteiger partial charge >= 0.3 is 0 Å². The zero-order chi connectivity index (χ0) is 12.3. The van der Waals surface area contributed by atoms with Gasteiger partial charge in [-0.05, 0) is 38.1 Å². The van der Waals surface area contributed by atoms with Crippen molar-refractivity contribution in [1.29, 1.82) is 0 Å². The predicted molar refractivity (Wildman–Crippen MR) is 68.6 cm³/mol. The third kappa shape index (κ3) is 2.62. The van der Waals surface area contributed by atoms with E-state index in [0.29, 0.717) is 0 Å². The molecule has 0 atom stereocenters. The van der Waals surface area contributed by atoms with Crippen LogP contribution in [0.1, 0.15) is 17.7 Å². The van der Waals surface area contributed by atoms with Gasteiger partial charge in [-0.1, -0.05) is 0 Å². The number of rotatable bonds is 5. The second-order valence-corrected chi connectivity index (χ2v) is 4.24. The lowest BCUT2D eigenvalue weighted by Gasteiger charge is -2.04. The zero-order valence-electron chi connectivity index (χ0n) is 10.4. The molecule has 0 spiro atoms. The van der Waals surface area contributed by atoms with E-state index in [-0.39, 0.29) is 0 Å². The van der Waals surface area contributed by atoms with Crippen LogP contribution in [0.25, 0.3) is 11.0 Å². The predicted octanol–water partition coefficient (Wildman–Crippen LogP) is 0.715. The molecule has 2 rings (SSSR count). The van der Waals surface area contributed by atoms with Gasteiger partial charge < -0.3 is 11.1 Å². The summed E-state index contributed by atoms with van der Waals surface area (Å²) < 4.78 is 1.82. The summed E-state index contributed by atoms with van der Waals surface area (Å²) in [6, 6.07) is 2.15. The van der Waals surface area contributed by atoms with Crippen LogP contribution in [0.2, 0.25) is 0 Å². The van der Waals surface area contributed by atoms with Gasteiger partial charge in [0.05, 0.1) is 5.69 Å². The molecule has 5 nitrogen and oxygen atoms in total. The van der Waals surface area contributed by atoms with Crippen LogP contribution in [0.4, 0.5) is 0 Å². The molecule has 0 unspecified atom stereocenters. The molecule has 0 radical (unpaired) electrons. The van der Waals surface area contributed by atoms with Crippen molar-refractivity contribution >= 4 is 11.0 Å². The van der Waals surface area contributed by atoms with Crippen LogP contribution in [-0.4, -0.2) is 27.9 Å². The Morgan fingerprint density at radius 3 is 3.06 bits per heavy atom. The van der Waals surface area contributed by atoms with Crippen molar-refractivity contribution in [3.05, 3.63) is 23.5 Å². The standard InChI is InChI=1S/C12H19N5/c1-9-11-6-10(7-14-5-3-4-13)8-15-12(11)17(2)16-9/h6,8,14H,3-5,7,13H2,1-2H3. The maximum Gasteiger partial charge on any atom is 0.157 e. The van der Waals surface area contributed by atoms with Gasteiger partial charge in [-0.2, -0.15) is 5.10 Å². The molecule has 2 heterocycles. The molecule has 2 aromatic heterocycles. The number of pyridine rings is 1. The van der Waals surface area contributed by atoms with Crippen LogP contribution < -0.4 is 11.1 Å². The quantitative estimate of drug-likeness (QED) is 0.746.